The molecule has 1 aromatic carbocycles. The maximum Gasteiger partial charge on any atom is 0.408 e. The molecule has 2 amide bonds. The summed E-state index contributed by atoms with van der Waals surface area (Å²) in [6.45, 7) is -0.137. The molecule has 0 saturated heterocycles. The minimum atomic E-state index is -1.15. The molecule has 0 aromatic heterocycles. The minimum absolute atomic E-state index is 0.123. The number of carbonyl (C=O) groups is 2. The van der Waals surface area contributed by atoms with Gasteiger partial charge >= 0.3 is 6.09 Å². The predicted octanol–water partition coefficient (Wildman–Crippen LogP) is 0.275. The summed E-state index contributed by atoms with van der Waals surface area (Å²) in [6.07, 6.45) is -1.15. The van der Waals surface area contributed by atoms with Crippen molar-refractivity contribution in [3.8, 4) is 0 Å². The highest BCUT2D eigenvalue weighted by atomic mass is 16.4. The van der Waals surface area contributed by atoms with E-state index in [2.05, 4.69) is 5.32 Å². The summed E-state index contributed by atoms with van der Waals surface area (Å²) in [5, 5.41) is 20.0. The SMILES string of the molecule is O=C(CN(Cc1ccccc1)C(=O)O)NCCO. The Kier molecular flexibility index (Phi) is 5.66. The maximum absolute atomic E-state index is 11.4. The van der Waals surface area contributed by atoms with Crippen LogP contribution in [0.3, 0.4) is 0 Å². The maximum atomic E-state index is 11.4. The molecule has 0 saturated carbocycles. The van der Waals surface area contributed by atoms with E-state index in [0.717, 1.165) is 10.5 Å². The van der Waals surface area contributed by atoms with Crippen LogP contribution in [0.25, 0.3) is 0 Å². The smallest absolute Gasteiger partial charge is 0.408 e. The molecule has 6 nitrogen and oxygen atoms in total. The number of rotatable bonds is 6. The Morgan fingerprint density at radius 2 is 1.89 bits per heavy atom. The van der Waals surface area contributed by atoms with Crippen molar-refractivity contribution in [3.63, 3.8) is 0 Å². The Bertz CT molecular complexity index is 394. The number of carbonyl (C=O) groups excluding carboxylic acids is 1. The van der Waals surface area contributed by atoms with Gasteiger partial charge < -0.3 is 15.5 Å². The number of nitrogens with one attached hydrogen (secondary N) is 1. The molecule has 0 fully saturated rings. The van der Waals surface area contributed by atoms with E-state index in [9.17, 15) is 9.59 Å². The van der Waals surface area contributed by atoms with Crippen molar-refractivity contribution in [2.75, 3.05) is 19.7 Å². The van der Waals surface area contributed by atoms with E-state index in [4.69, 9.17) is 10.2 Å². The van der Waals surface area contributed by atoms with E-state index >= 15 is 0 Å². The van der Waals surface area contributed by atoms with Gasteiger partial charge in [-0.3, -0.25) is 9.69 Å². The number of benzene rings is 1. The number of amides is 2. The highest BCUT2D eigenvalue weighted by Gasteiger charge is 2.15. The molecule has 0 aliphatic carbocycles. The molecule has 0 aliphatic heterocycles. The van der Waals surface area contributed by atoms with E-state index < -0.39 is 12.0 Å². The Morgan fingerprint density at radius 1 is 1.22 bits per heavy atom. The van der Waals surface area contributed by atoms with E-state index in [1.165, 1.54) is 0 Å². The quantitative estimate of drug-likeness (QED) is 0.678. The topological polar surface area (TPSA) is 89.9 Å². The zero-order valence-corrected chi connectivity index (χ0v) is 9.87. The van der Waals surface area contributed by atoms with Crippen LogP contribution in [0, 0.1) is 0 Å². The summed E-state index contributed by atoms with van der Waals surface area (Å²) < 4.78 is 0. The third-order valence-electron chi connectivity index (χ3n) is 2.26. The zero-order valence-electron chi connectivity index (χ0n) is 9.87. The molecule has 0 heterocycles. The molecular formula is C12H16N2O4. The number of aliphatic hydroxyl groups is 1. The number of hydrogen-bond donors (Lipinski definition) is 3. The second-order valence-corrected chi connectivity index (χ2v) is 3.70. The predicted molar refractivity (Wildman–Crippen MR) is 65.0 cm³/mol. The lowest BCUT2D eigenvalue weighted by atomic mass is 10.2. The largest absolute Gasteiger partial charge is 0.465 e. The first-order valence-electron chi connectivity index (χ1n) is 5.53. The van der Waals surface area contributed by atoms with Gasteiger partial charge in [-0.05, 0) is 5.56 Å². The van der Waals surface area contributed by atoms with Gasteiger partial charge in [-0.2, -0.15) is 0 Å². The van der Waals surface area contributed by atoms with Crippen LogP contribution in [0.1, 0.15) is 5.56 Å². The average Bonchev–Trinajstić information content (AvgIpc) is 2.36. The van der Waals surface area contributed by atoms with Crippen LogP contribution >= 0.6 is 0 Å². The highest BCUT2D eigenvalue weighted by Crippen LogP contribution is 2.04. The summed E-state index contributed by atoms with van der Waals surface area (Å²) in [5.41, 5.74) is 0.815. The average molecular weight is 252 g/mol. The summed E-state index contributed by atoms with van der Waals surface area (Å²) in [6, 6.07) is 9.04. The molecule has 0 atom stereocenters. The number of hydrogen-bond acceptors (Lipinski definition) is 3. The molecule has 1 rings (SSSR count). The van der Waals surface area contributed by atoms with Crippen LogP contribution < -0.4 is 5.32 Å². The fourth-order valence-electron chi connectivity index (χ4n) is 1.42. The van der Waals surface area contributed by atoms with Gasteiger partial charge in [-0.25, -0.2) is 4.79 Å². The van der Waals surface area contributed by atoms with Crippen molar-refractivity contribution in [2.45, 2.75) is 6.54 Å². The third kappa shape index (κ3) is 4.84. The lowest BCUT2D eigenvalue weighted by molar-refractivity contribution is -0.122. The van der Waals surface area contributed by atoms with Crippen molar-refractivity contribution in [1.82, 2.24) is 10.2 Å². The van der Waals surface area contributed by atoms with Crippen LogP contribution in [-0.4, -0.2) is 46.8 Å². The van der Waals surface area contributed by atoms with Gasteiger partial charge in [0.1, 0.15) is 6.54 Å². The van der Waals surface area contributed by atoms with Crippen LogP contribution in [0.2, 0.25) is 0 Å². The van der Waals surface area contributed by atoms with Gasteiger partial charge in [-0.15, -0.1) is 0 Å². The van der Waals surface area contributed by atoms with Crippen molar-refractivity contribution >= 4 is 12.0 Å². The fourth-order valence-corrected chi connectivity index (χ4v) is 1.42. The van der Waals surface area contributed by atoms with Gasteiger partial charge in [0.05, 0.1) is 6.61 Å². The van der Waals surface area contributed by atoms with Crippen LogP contribution in [0.4, 0.5) is 4.79 Å². The molecule has 0 radical (unpaired) electrons. The zero-order chi connectivity index (χ0) is 13.4. The van der Waals surface area contributed by atoms with Crippen LogP contribution in [0.5, 0.6) is 0 Å². The fraction of sp³-hybridized carbons (Fsp3) is 0.333. The molecule has 18 heavy (non-hydrogen) atoms. The van der Waals surface area contributed by atoms with Gasteiger partial charge in [0.2, 0.25) is 5.91 Å². The molecule has 6 heteroatoms. The Labute approximate surface area is 105 Å². The second kappa shape index (κ2) is 7.29. The Hall–Kier alpha value is -2.08. The molecule has 0 aliphatic rings. The van der Waals surface area contributed by atoms with Gasteiger partial charge in [0, 0.05) is 13.1 Å². The van der Waals surface area contributed by atoms with Gasteiger partial charge in [-0.1, -0.05) is 30.3 Å². The number of aliphatic hydroxyl groups excluding tert-OH is 1. The van der Waals surface area contributed by atoms with Crippen LogP contribution in [0.15, 0.2) is 30.3 Å². The number of nitrogens with zero attached hydrogens (tertiary/aromatic N) is 1. The van der Waals surface area contributed by atoms with E-state index in [1.807, 2.05) is 6.07 Å². The first-order chi connectivity index (χ1) is 8.63. The molecule has 98 valence electrons. The summed E-state index contributed by atoms with van der Waals surface area (Å²) in [5.74, 6) is -0.428. The Balaban J connectivity index is 2.55. The Morgan fingerprint density at radius 3 is 2.44 bits per heavy atom. The number of carboxylic acid groups (broad SMARTS) is 1. The van der Waals surface area contributed by atoms with Gasteiger partial charge in [0.25, 0.3) is 0 Å². The molecule has 3 N–H and O–H groups in total. The van der Waals surface area contributed by atoms with Gasteiger partial charge in [0.15, 0.2) is 0 Å². The van der Waals surface area contributed by atoms with Crippen molar-refractivity contribution < 1.29 is 19.8 Å². The lowest BCUT2D eigenvalue weighted by Gasteiger charge is -2.18. The summed E-state index contributed by atoms with van der Waals surface area (Å²) >= 11 is 0. The van der Waals surface area contributed by atoms with E-state index in [-0.39, 0.29) is 26.2 Å². The van der Waals surface area contributed by atoms with Crippen molar-refractivity contribution in [1.29, 1.82) is 0 Å². The van der Waals surface area contributed by atoms with E-state index in [0.29, 0.717) is 0 Å². The summed E-state index contributed by atoms with van der Waals surface area (Å²) in [4.78, 5) is 23.4. The normalized spacial score (nSPS) is 9.83. The lowest BCUT2D eigenvalue weighted by Crippen LogP contribution is -2.40. The molecule has 0 bridgehead atoms. The van der Waals surface area contributed by atoms with Crippen LogP contribution in [-0.2, 0) is 11.3 Å². The first kappa shape index (κ1) is 14.0. The van der Waals surface area contributed by atoms with Crippen molar-refractivity contribution in [2.24, 2.45) is 0 Å². The molecular weight excluding hydrogens is 236 g/mol. The highest BCUT2D eigenvalue weighted by molar-refractivity contribution is 5.81. The minimum Gasteiger partial charge on any atom is -0.465 e. The first-order valence-corrected chi connectivity index (χ1v) is 5.53. The third-order valence-corrected chi connectivity index (χ3v) is 2.26. The molecule has 0 spiro atoms. The molecule has 0 unspecified atom stereocenters. The van der Waals surface area contributed by atoms with Crippen molar-refractivity contribution in [3.05, 3.63) is 35.9 Å². The monoisotopic (exact) mass is 252 g/mol. The summed E-state index contributed by atoms with van der Waals surface area (Å²) in [7, 11) is 0. The molecule has 1 aromatic rings. The second-order valence-electron chi connectivity index (χ2n) is 3.70. The standard InChI is InChI=1S/C12H16N2O4/c15-7-6-13-11(16)9-14(12(17)18)8-10-4-2-1-3-5-10/h1-5,15H,6-9H2,(H,13,16)(H,17,18). The van der Waals surface area contributed by atoms with E-state index in [1.54, 1.807) is 24.3 Å².